The minimum absolute atomic E-state index is 0.00143. The summed E-state index contributed by atoms with van der Waals surface area (Å²) in [6.07, 6.45) is 3.08. The predicted molar refractivity (Wildman–Crippen MR) is 71.1 cm³/mol. The minimum atomic E-state index is -0.455. The third-order valence-corrected chi connectivity index (χ3v) is 3.22. The maximum atomic E-state index is 10.5. The van der Waals surface area contributed by atoms with Crippen molar-refractivity contribution in [3.8, 4) is 0 Å². The summed E-state index contributed by atoms with van der Waals surface area (Å²) in [5.74, 6) is 0.666. The highest BCUT2D eigenvalue weighted by molar-refractivity contribution is 5.41. The van der Waals surface area contributed by atoms with Crippen molar-refractivity contribution >= 4 is 11.5 Å². The highest BCUT2D eigenvalue weighted by Crippen LogP contribution is 2.16. The van der Waals surface area contributed by atoms with Crippen molar-refractivity contribution in [1.29, 1.82) is 0 Å². The van der Waals surface area contributed by atoms with Crippen LogP contribution in [0.5, 0.6) is 0 Å². The molecule has 104 valence electrons. The number of nitrogens with one attached hydrogen (secondary N) is 1. The fraction of sp³-hybridized carbons (Fsp3) is 0.583. The third kappa shape index (κ3) is 3.87. The van der Waals surface area contributed by atoms with Crippen LogP contribution < -0.4 is 5.32 Å². The van der Waals surface area contributed by atoms with Crippen LogP contribution in [-0.4, -0.2) is 52.2 Å². The molecular weight excluding hydrogens is 248 g/mol. The molecular formula is C12H18N4O3. The van der Waals surface area contributed by atoms with Gasteiger partial charge < -0.3 is 15.3 Å². The van der Waals surface area contributed by atoms with Crippen LogP contribution in [0.2, 0.25) is 0 Å². The van der Waals surface area contributed by atoms with E-state index in [-0.39, 0.29) is 12.3 Å². The Morgan fingerprint density at radius 2 is 2.42 bits per heavy atom. The fourth-order valence-corrected chi connectivity index (χ4v) is 2.24. The lowest BCUT2D eigenvalue weighted by Crippen LogP contribution is -2.27. The summed E-state index contributed by atoms with van der Waals surface area (Å²) in [5.41, 5.74) is 0.00143. The van der Waals surface area contributed by atoms with Gasteiger partial charge in [-0.2, -0.15) is 0 Å². The molecule has 2 heterocycles. The van der Waals surface area contributed by atoms with E-state index >= 15 is 0 Å². The molecule has 2 rings (SSSR count). The number of aliphatic hydroxyl groups is 1. The molecule has 1 aliphatic heterocycles. The van der Waals surface area contributed by atoms with Gasteiger partial charge in [0, 0.05) is 38.3 Å². The van der Waals surface area contributed by atoms with E-state index in [2.05, 4.69) is 15.2 Å². The first-order valence-electron chi connectivity index (χ1n) is 6.39. The molecule has 1 atom stereocenters. The highest BCUT2D eigenvalue weighted by atomic mass is 16.6. The molecule has 19 heavy (non-hydrogen) atoms. The van der Waals surface area contributed by atoms with Crippen molar-refractivity contribution in [3.63, 3.8) is 0 Å². The van der Waals surface area contributed by atoms with Crippen molar-refractivity contribution in [2.24, 2.45) is 0 Å². The molecule has 1 saturated heterocycles. The molecule has 1 unspecified atom stereocenters. The Bertz CT molecular complexity index is 423. The monoisotopic (exact) mass is 266 g/mol. The number of hydrogen-bond donors (Lipinski definition) is 2. The van der Waals surface area contributed by atoms with Crippen molar-refractivity contribution in [1.82, 2.24) is 9.88 Å². The Labute approximate surface area is 111 Å². The number of pyridine rings is 1. The van der Waals surface area contributed by atoms with Crippen LogP contribution >= 0.6 is 0 Å². The van der Waals surface area contributed by atoms with Crippen LogP contribution in [0.1, 0.15) is 12.8 Å². The first-order valence-corrected chi connectivity index (χ1v) is 6.39. The average Bonchev–Trinajstić information content (AvgIpc) is 2.84. The van der Waals surface area contributed by atoms with E-state index in [1.54, 1.807) is 6.07 Å². The first kappa shape index (κ1) is 13.7. The summed E-state index contributed by atoms with van der Waals surface area (Å²) in [6.45, 7) is 3.05. The van der Waals surface area contributed by atoms with E-state index in [9.17, 15) is 10.1 Å². The van der Waals surface area contributed by atoms with Crippen LogP contribution in [0.3, 0.4) is 0 Å². The second-order valence-electron chi connectivity index (χ2n) is 4.67. The smallest absolute Gasteiger partial charge is 0.287 e. The fourth-order valence-electron chi connectivity index (χ4n) is 2.24. The number of hydrogen-bond acceptors (Lipinski definition) is 6. The zero-order valence-corrected chi connectivity index (χ0v) is 10.7. The molecule has 0 radical (unpaired) electrons. The lowest BCUT2D eigenvalue weighted by Gasteiger charge is -2.16. The van der Waals surface area contributed by atoms with Gasteiger partial charge in [0.1, 0.15) is 12.0 Å². The zero-order chi connectivity index (χ0) is 13.7. The van der Waals surface area contributed by atoms with E-state index in [1.165, 1.54) is 12.3 Å². The lowest BCUT2D eigenvalue weighted by atomic mass is 10.2. The van der Waals surface area contributed by atoms with Crippen LogP contribution in [0.15, 0.2) is 18.3 Å². The number of aliphatic hydroxyl groups excluding tert-OH is 1. The Morgan fingerprint density at radius 3 is 3.05 bits per heavy atom. The van der Waals surface area contributed by atoms with Gasteiger partial charge in [-0.25, -0.2) is 4.98 Å². The van der Waals surface area contributed by atoms with Gasteiger partial charge >= 0.3 is 0 Å². The van der Waals surface area contributed by atoms with Gasteiger partial charge in [0.2, 0.25) is 0 Å². The summed E-state index contributed by atoms with van der Waals surface area (Å²) in [5, 5.41) is 22.6. The molecule has 1 aromatic rings. The maximum Gasteiger partial charge on any atom is 0.287 e. The second-order valence-corrected chi connectivity index (χ2v) is 4.67. The number of anilines is 1. The molecule has 1 fully saturated rings. The van der Waals surface area contributed by atoms with Gasteiger partial charge in [0.25, 0.3) is 5.69 Å². The molecule has 1 aliphatic rings. The number of nitro groups is 1. The number of rotatable bonds is 6. The van der Waals surface area contributed by atoms with Crippen molar-refractivity contribution in [2.75, 3.05) is 31.6 Å². The van der Waals surface area contributed by atoms with E-state index < -0.39 is 4.92 Å². The van der Waals surface area contributed by atoms with Gasteiger partial charge in [0.15, 0.2) is 0 Å². The average molecular weight is 266 g/mol. The Morgan fingerprint density at radius 1 is 1.58 bits per heavy atom. The molecule has 2 N–H and O–H groups in total. The molecule has 0 bridgehead atoms. The van der Waals surface area contributed by atoms with Crippen molar-refractivity contribution in [2.45, 2.75) is 18.9 Å². The maximum absolute atomic E-state index is 10.5. The number of nitrogens with zero attached hydrogens (tertiary/aromatic N) is 3. The van der Waals surface area contributed by atoms with E-state index in [0.717, 1.165) is 32.5 Å². The molecule has 0 amide bonds. The summed E-state index contributed by atoms with van der Waals surface area (Å²) >= 11 is 0. The summed E-state index contributed by atoms with van der Waals surface area (Å²) in [7, 11) is 0. The van der Waals surface area contributed by atoms with E-state index in [4.69, 9.17) is 5.11 Å². The van der Waals surface area contributed by atoms with E-state index in [0.29, 0.717) is 11.9 Å². The predicted octanol–water partition coefficient (Wildman–Crippen LogP) is 0.858. The van der Waals surface area contributed by atoms with Crippen LogP contribution in [-0.2, 0) is 0 Å². The number of likely N-dealkylation sites (tertiary alicyclic amines) is 1. The molecule has 7 heteroatoms. The second kappa shape index (κ2) is 6.44. The van der Waals surface area contributed by atoms with E-state index in [1.807, 2.05) is 0 Å². The quantitative estimate of drug-likeness (QED) is 0.586. The van der Waals surface area contributed by atoms with Gasteiger partial charge in [0.05, 0.1) is 4.92 Å². The molecule has 7 nitrogen and oxygen atoms in total. The van der Waals surface area contributed by atoms with Crippen LogP contribution in [0.4, 0.5) is 11.5 Å². The molecule has 0 spiro atoms. The Kier molecular flexibility index (Phi) is 4.64. The van der Waals surface area contributed by atoms with Gasteiger partial charge in [-0.05, 0) is 18.9 Å². The standard InChI is InChI=1S/C12H18N4O3/c17-7-1-5-15-6-4-10(9-15)14-12-3-2-11(8-13-12)16(18)19/h2-3,8,10,17H,1,4-7,9H2,(H,13,14). The Hall–Kier alpha value is -1.73. The topological polar surface area (TPSA) is 91.5 Å². The third-order valence-electron chi connectivity index (χ3n) is 3.22. The van der Waals surface area contributed by atoms with Crippen molar-refractivity contribution < 1.29 is 10.0 Å². The highest BCUT2D eigenvalue weighted by Gasteiger charge is 2.22. The minimum Gasteiger partial charge on any atom is -0.396 e. The summed E-state index contributed by atoms with van der Waals surface area (Å²) in [4.78, 5) is 16.4. The summed E-state index contributed by atoms with van der Waals surface area (Å²) < 4.78 is 0. The van der Waals surface area contributed by atoms with Gasteiger partial charge in [-0.3, -0.25) is 10.1 Å². The molecule has 1 aromatic heterocycles. The largest absolute Gasteiger partial charge is 0.396 e. The van der Waals surface area contributed by atoms with Crippen LogP contribution in [0, 0.1) is 10.1 Å². The molecule has 0 aromatic carbocycles. The zero-order valence-electron chi connectivity index (χ0n) is 10.7. The lowest BCUT2D eigenvalue weighted by molar-refractivity contribution is -0.385. The molecule has 0 aliphatic carbocycles. The van der Waals surface area contributed by atoms with Gasteiger partial charge in [-0.1, -0.05) is 0 Å². The summed E-state index contributed by atoms with van der Waals surface area (Å²) in [6, 6.07) is 3.40. The van der Waals surface area contributed by atoms with Gasteiger partial charge in [-0.15, -0.1) is 0 Å². The van der Waals surface area contributed by atoms with Crippen molar-refractivity contribution in [3.05, 3.63) is 28.4 Å². The molecule has 0 saturated carbocycles. The normalized spacial score (nSPS) is 19.5. The first-order chi connectivity index (χ1) is 9.19. The van der Waals surface area contributed by atoms with Crippen LogP contribution in [0.25, 0.3) is 0 Å². The SMILES string of the molecule is O=[N+]([O-])c1ccc(NC2CCN(CCCO)C2)nc1. The number of aromatic nitrogens is 1. The Balaban J connectivity index is 1.83.